The fourth-order valence-electron chi connectivity index (χ4n) is 5.59. The molecular formula is C20H31N3OS. The van der Waals surface area contributed by atoms with Gasteiger partial charge in [0.05, 0.1) is 10.7 Å². The van der Waals surface area contributed by atoms with E-state index in [1.165, 1.54) is 45.1 Å². The van der Waals surface area contributed by atoms with E-state index in [1.807, 2.05) is 13.8 Å². The van der Waals surface area contributed by atoms with E-state index >= 15 is 0 Å². The highest BCUT2D eigenvalue weighted by Gasteiger charge is 2.45. The molecule has 3 aliphatic heterocycles. The van der Waals surface area contributed by atoms with Gasteiger partial charge in [0.1, 0.15) is 4.88 Å². The Kier molecular flexibility index (Phi) is 4.89. The van der Waals surface area contributed by atoms with Gasteiger partial charge < -0.3 is 4.90 Å². The van der Waals surface area contributed by atoms with Crippen molar-refractivity contribution in [2.75, 3.05) is 19.6 Å². The predicted octanol–water partition coefficient (Wildman–Crippen LogP) is 3.88. The number of carbonyl (C=O) groups excluding carboxylic acids is 1. The van der Waals surface area contributed by atoms with Crippen LogP contribution in [0.1, 0.15) is 65.8 Å². The van der Waals surface area contributed by atoms with Crippen molar-refractivity contribution in [3.63, 3.8) is 0 Å². The first-order valence-corrected chi connectivity index (χ1v) is 10.9. The first-order valence-electron chi connectivity index (χ1n) is 10.1. The van der Waals surface area contributed by atoms with Crippen molar-refractivity contribution in [1.82, 2.24) is 14.8 Å². The Labute approximate surface area is 155 Å². The lowest BCUT2D eigenvalue weighted by Gasteiger charge is -2.55. The van der Waals surface area contributed by atoms with Crippen LogP contribution >= 0.6 is 11.3 Å². The molecule has 4 rings (SSSR count). The molecule has 0 radical (unpaired) electrons. The van der Waals surface area contributed by atoms with Crippen LogP contribution in [0.5, 0.6) is 0 Å². The maximum atomic E-state index is 13.1. The molecule has 3 aliphatic rings. The Morgan fingerprint density at radius 2 is 2.08 bits per heavy atom. The quantitative estimate of drug-likeness (QED) is 0.820. The van der Waals surface area contributed by atoms with Crippen LogP contribution in [0.15, 0.2) is 0 Å². The molecule has 5 heteroatoms. The molecule has 0 unspecified atom stereocenters. The highest BCUT2D eigenvalue weighted by molar-refractivity contribution is 7.13. The first kappa shape index (κ1) is 17.5. The van der Waals surface area contributed by atoms with Crippen LogP contribution in [0.2, 0.25) is 0 Å². The van der Waals surface area contributed by atoms with E-state index in [-0.39, 0.29) is 5.91 Å². The van der Waals surface area contributed by atoms with Crippen molar-refractivity contribution in [2.24, 2.45) is 11.8 Å². The van der Waals surface area contributed by atoms with E-state index in [1.54, 1.807) is 11.3 Å². The molecular weight excluding hydrogens is 330 g/mol. The van der Waals surface area contributed by atoms with Gasteiger partial charge in [-0.25, -0.2) is 4.98 Å². The standard InChI is InChI=1S/C20H31N3OS/c1-4-6-17-7-5-8-18-16-9-15(11-23(17)18)10-22(12-16)20(24)19-13(2)21-14(3)25-19/h15-18H,4-12H2,1-3H3/t15-,16+,17-,18-/m0/s1. The fourth-order valence-corrected chi connectivity index (χ4v) is 6.48. The highest BCUT2D eigenvalue weighted by atomic mass is 32.1. The number of hydrogen-bond donors (Lipinski definition) is 0. The number of hydrogen-bond acceptors (Lipinski definition) is 4. The summed E-state index contributed by atoms with van der Waals surface area (Å²) < 4.78 is 0. The summed E-state index contributed by atoms with van der Waals surface area (Å²) in [6, 6.07) is 1.50. The molecule has 0 N–H and O–H groups in total. The third-order valence-electron chi connectivity index (χ3n) is 6.52. The second-order valence-corrected chi connectivity index (χ2v) is 9.56. The van der Waals surface area contributed by atoms with Crippen molar-refractivity contribution < 1.29 is 4.79 Å². The number of nitrogens with zero attached hydrogens (tertiary/aromatic N) is 3. The maximum Gasteiger partial charge on any atom is 0.265 e. The van der Waals surface area contributed by atoms with Crippen LogP contribution in [-0.2, 0) is 0 Å². The minimum atomic E-state index is 0.229. The Balaban J connectivity index is 1.50. The van der Waals surface area contributed by atoms with Gasteiger partial charge in [-0.05, 0) is 51.4 Å². The van der Waals surface area contributed by atoms with Crippen LogP contribution in [0, 0.1) is 25.7 Å². The van der Waals surface area contributed by atoms with Gasteiger partial charge in [0.15, 0.2) is 0 Å². The summed E-state index contributed by atoms with van der Waals surface area (Å²) in [5.41, 5.74) is 0.908. The minimum Gasteiger partial charge on any atom is -0.337 e. The molecule has 4 nitrogen and oxygen atoms in total. The molecule has 1 aromatic heterocycles. The van der Waals surface area contributed by atoms with Crippen LogP contribution in [0.3, 0.4) is 0 Å². The molecule has 4 heterocycles. The average Bonchev–Trinajstić information content (AvgIpc) is 2.93. The van der Waals surface area contributed by atoms with Crippen LogP contribution in [-0.4, -0.2) is 52.4 Å². The van der Waals surface area contributed by atoms with Gasteiger partial charge in [0.2, 0.25) is 0 Å². The fraction of sp³-hybridized carbons (Fsp3) is 0.800. The number of fused-ring (bicyclic) bond motifs is 4. The molecule has 0 aromatic carbocycles. The van der Waals surface area contributed by atoms with Gasteiger partial charge >= 0.3 is 0 Å². The van der Waals surface area contributed by atoms with Crippen molar-refractivity contribution >= 4 is 17.2 Å². The SMILES string of the molecule is CCC[C@H]1CCC[C@H]2[C@@H]3C[C@@H](CN(C(=O)c4sc(C)nc4C)C3)CN12. The van der Waals surface area contributed by atoms with Crippen molar-refractivity contribution in [1.29, 1.82) is 0 Å². The lowest BCUT2D eigenvalue weighted by Crippen LogP contribution is -2.62. The number of carbonyl (C=O) groups is 1. The number of aryl methyl sites for hydroxylation is 2. The number of thiazole rings is 1. The van der Waals surface area contributed by atoms with Gasteiger partial charge in [0.25, 0.3) is 5.91 Å². The summed E-state index contributed by atoms with van der Waals surface area (Å²) in [6.45, 7) is 9.37. The molecule has 0 spiro atoms. The molecule has 138 valence electrons. The predicted molar refractivity (Wildman–Crippen MR) is 102 cm³/mol. The number of amides is 1. The molecule has 0 saturated carbocycles. The third kappa shape index (κ3) is 3.25. The lowest BCUT2D eigenvalue weighted by molar-refractivity contribution is -0.0518. The first-order chi connectivity index (χ1) is 12.1. The van der Waals surface area contributed by atoms with Crippen LogP contribution in [0.4, 0.5) is 0 Å². The topological polar surface area (TPSA) is 36.4 Å². The summed E-state index contributed by atoms with van der Waals surface area (Å²) in [5.74, 6) is 1.56. The monoisotopic (exact) mass is 361 g/mol. The number of likely N-dealkylation sites (tertiary alicyclic amines) is 1. The summed E-state index contributed by atoms with van der Waals surface area (Å²) in [6.07, 6.45) is 8.04. The van der Waals surface area contributed by atoms with Gasteiger partial charge in [-0.1, -0.05) is 19.8 Å². The Morgan fingerprint density at radius 3 is 2.80 bits per heavy atom. The molecule has 0 aliphatic carbocycles. The van der Waals surface area contributed by atoms with Crippen molar-refractivity contribution in [3.8, 4) is 0 Å². The smallest absolute Gasteiger partial charge is 0.265 e. The van der Waals surface area contributed by atoms with Gasteiger partial charge in [-0.2, -0.15) is 0 Å². The van der Waals surface area contributed by atoms with E-state index in [2.05, 4.69) is 21.7 Å². The van der Waals surface area contributed by atoms with E-state index in [0.717, 1.165) is 34.7 Å². The summed E-state index contributed by atoms with van der Waals surface area (Å²) >= 11 is 1.56. The zero-order valence-corrected chi connectivity index (χ0v) is 16.6. The summed E-state index contributed by atoms with van der Waals surface area (Å²) in [7, 11) is 0. The number of piperidine rings is 3. The highest BCUT2D eigenvalue weighted by Crippen LogP contribution is 2.41. The third-order valence-corrected chi connectivity index (χ3v) is 7.58. The van der Waals surface area contributed by atoms with Crippen molar-refractivity contribution in [2.45, 2.75) is 71.4 Å². The Hall–Kier alpha value is -0.940. The Morgan fingerprint density at radius 1 is 1.24 bits per heavy atom. The van der Waals surface area contributed by atoms with Gasteiger partial charge in [0, 0.05) is 31.7 Å². The molecule has 2 bridgehead atoms. The maximum absolute atomic E-state index is 13.1. The number of aromatic nitrogens is 1. The van der Waals surface area contributed by atoms with Gasteiger partial charge in [-0.3, -0.25) is 9.69 Å². The van der Waals surface area contributed by atoms with E-state index in [4.69, 9.17) is 0 Å². The van der Waals surface area contributed by atoms with E-state index < -0.39 is 0 Å². The number of rotatable bonds is 3. The zero-order valence-electron chi connectivity index (χ0n) is 15.8. The van der Waals surface area contributed by atoms with Crippen LogP contribution < -0.4 is 0 Å². The summed E-state index contributed by atoms with van der Waals surface area (Å²) in [4.78, 5) is 23.4. The second-order valence-electron chi connectivity index (χ2n) is 8.36. The van der Waals surface area contributed by atoms with Gasteiger partial charge in [-0.15, -0.1) is 11.3 Å². The zero-order chi connectivity index (χ0) is 17.6. The average molecular weight is 362 g/mol. The summed E-state index contributed by atoms with van der Waals surface area (Å²) in [5, 5.41) is 0.999. The minimum absolute atomic E-state index is 0.229. The Bertz CT molecular complexity index is 641. The molecule has 1 amide bonds. The van der Waals surface area contributed by atoms with E-state index in [9.17, 15) is 4.79 Å². The second kappa shape index (κ2) is 6.99. The molecule has 3 saturated heterocycles. The molecule has 3 fully saturated rings. The lowest BCUT2D eigenvalue weighted by atomic mass is 9.74. The normalized spacial score (nSPS) is 32.5. The largest absolute Gasteiger partial charge is 0.337 e. The molecule has 1 aromatic rings. The van der Waals surface area contributed by atoms with Crippen LogP contribution in [0.25, 0.3) is 0 Å². The van der Waals surface area contributed by atoms with E-state index in [0.29, 0.717) is 17.9 Å². The molecule has 25 heavy (non-hydrogen) atoms. The molecule has 4 atom stereocenters. The van der Waals surface area contributed by atoms with Crippen molar-refractivity contribution in [3.05, 3.63) is 15.6 Å².